The highest BCUT2D eigenvalue weighted by atomic mass is 35.5. The molecule has 0 aliphatic carbocycles. The molecule has 0 atom stereocenters. The van der Waals surface area contributed by atoms with Crippen molar-refractivity contribution < 1.29 is 14.3 Å². The third-order valence-electron chi connectivity index (χ3n) is 7.88. The number of carbonyl (C=O) groups excluding carboxylic acids is 1. The molecule has 0 aliphatic heterocycles. The first kappa shape index (κ1) is 34.7. The molecule has 0 N–H and O–H groups in total. The molecule has 0 radical (unpaired) electrons. The summed E-state index contributed by atoms with van der Waals surface area (Å²) in [7, 11) is 1.64. The van der Waals surface area contributed by atoms with E-state index in [1.807, 2.05) is 53.4 Å². The zero-order valence-electron chi connectivity index (χ0n) is 27.0. The number of carbonyl (C=O) groups is 1. The van der Waals surface area contributed by atoms with Gasteiger partial charge in [0.05, 0.1) is 13.7 Å². The Hall–Kier alpha value is -3.80. The van der Waals surface area contributed by atoms with Gasteiger partial charge in [-0.3, -0.25) is 4.79 Å². The van der Waals surface area contributed by atoms with Gasteiger partial charge in [-0.1, -0.05) is 101 Å². The number of halogens is 1. The van der Waals surface area contributed by atoms with E-state index < -0.39 is 0 Å². The van der Waals surface area contributed by atoms with Gasteiger partial charge in [0.15, 0.2) is 11.5 Å². The fourth-order valence-corrected chi connectivity index (χ4v) is 5.09. The van der Waals surface area contributed by atoms with E-state index in [4.69, 9.17) is 9.47 Å². The van der Waals surface area contributed by atoms with Crippen LogP contribution in [0.1, 0.15) is 67.2 Å². The van der Waals surface area contributed by atoms with Crippen LogP contribution in [0.5, 0.6) is 11.5 Å². The standard InChI is InChI=1S/C38H46N2O3.ClH/c1-7-39(8-2)24-25-43-35-23-22-34(27-36(35)42-6)40(28-31-16-20-33(21-17-31)38(3,4)5)37(41)32-18-14-30(15-19-32)26-29-12-10-9-11-13-29;/h9-23,27H,7-8,24-26,28H2,1-6H3;1H. The van der Waals surface area contributed by atoms with Gasteiger partial charge >= 0.3 is 0 Å². The number of benzene rings is 4. The minimum absolute atomic E-state index is 0. The topological polar surface area (TPSA) is 42.0 Å². The number of likely N-dealkylation sites (N-methyl/N-ethyl adjacent to an activating group) is 1. The number of amides is 1. The van der Waals surface area contributed by atoms with Gasteiger partial charge in [0.1, 0.15) is 6.61 Å². The predicted molar refractivity (Wildman–Crippen MR) is 185 cm³/mol. The number of nitrogens with zero attached hydrogens (tertiary/aromatic N) is 2. The van der Waals surface area contributed by atoms with Crippen molar-refractivity contribution in [1.82, 2.24) is 4.90 Å². The summed E-state index contributed by atoms with van der Waals surface area (Å²) in [6.07, 6.45) is 0.825. The van der Waals surface area contributed by atoms with Crippen molar-refractivity contribution in [1.29, 1.82) is 0 Å². The van der Waals surface area contributed by atoms with Crippen LogP contribution in [0.25, 0.3) is 0 Å². The molecule has 6 heteroatoms. The molecule has 0 saturated heterocycles. The smallest absolute Gasteiger partial charge is 0.258 e. The van der Waals surface area contributed by atoms with E-state index in [1.165, 1.54) is 16.7 Å². The quantitative estimate of drug-likeness (QED) is 0.151. The number of ether oxygens (including phenoxy) is 2. The second-order valence-electron chi connectivity index (χ2n) is 11.9. The monoisotopic (exact) mass is 614 g/mol. The second-order valence-corrected chi connectivity index (χ2v) is 11.9. The van der Waals surface area contributed by atoms with Crippen LogP contribution in [-0.2, 0) is 18.4 Å². The SMILES string of the molecule is CCN(CC)CCOc1ccc(N(Cc2ccc(C(C)(C)C)cc2)C(=O)c2ccc(Cc3ccccc3)cc2)cc1OC.Cl. The van der Waals surface area contributed by atoms with Gasteiger partial charge in [-0.15, -0.1) is 12.4 Å². The van der Waals surface area contributed by atoms with Crippen molar-refractivity contribution in [2.24, 2.45) is 0 Å². The Bertz CT molecular complexity index is 1440. The van der Waals surface area contributed by atoms with Gasteiger partial charge in [-0.05, 0) is 71.4 Å². The largest absolute Gasteiger partial charge is 0.493 e. The molecule has 234 valence electrons. The lowest BCUT2D eigenvalue weighted by molar-refractivity contribution is 0.0985. The van der Waals surface area contributed by atoms with E-state index in [-0.39, 0.29) is 23.7 Å². The predicted octanol–water partition coefficient (Wildman–Crippen LogP) is 8.57. The van der Waals surface area contributed by atoms with Crippen LogP contribution in [0.4, 0.5) is 5.69 Å². The fraction of sp³-hybridized carbons (Fsp3) is 0.342. The van der Waals surface area contributed by atoms with Crippen molar-refractivity contribution in [3.8, 4) is 11.5 Å². The van der Waals surface area contributed by atoms with Crippen LogP contribution in [0.2, 0.25) is 0 Å². The molecule has 5 nitrogen and oxygen atoms in total. The Morgan fingerprint density at radius 3 is 1.95 bits per heavy atom. The van der Waals surface area contributed by atoms with Gasteiger partial charge in [0.2, 0.25) is 0 Å². The normalized spacial score (nSPS) is 11.2. The molecule has 1 amide bonds. The average molecular weight is 615 g/mol. The van der Waals surface area contributed by atoms with E-state index >= 15 is 0 Å². The zero-order valence-corrected chi connectivity index (χ0v) is 27.8. The first-order valence-corrected chi connectivity index (χ1v) is 15.3. The van der Waals surface area contributed by atoms with Crippen LogP contribution in [0, 0.1) is 0 Å². The first-order valence-electron chi connectivity index (χ1n) is 15.3. The highest BCUT2D eigenvalue weighted by Crippen LogP contribution is 2.33. The zero-order chi connectivity index (χ0) is 30.8. The lowest BCUT2D eigenvalue weighted by atomic mass is 9.87. The van der Waals surface area contributed by atoms with E-state index in [1.54, 1.807) is 7.11 Å². The Morgan fingerprint density at radius 2 is 1.36 bits per heavy atom. The van der Waals surface area contributed by atoms with Crippen molar-refractivity contribution in [2.75, 3.05) is 38.3 Å². The maximum atomic E-state index is 14.1. The summed E-state index contributed by atoms with van der Waals surface area (Å²) in [6.45, 7) is 14.7. The average Bonchev–Trinajstić information content (AvgIpc) is 3.02. The summed E-state index contributed by atoms with van der Waals surface area (Å²) < 4.78 is 11.8. The van der Waals surface area contributed by atoms with Crippen LogP contribution in [0.15, 0.2) is 97.1 Å². The van der Waals surface area contributed by atoms with Gasteiger partial charge in [-0.2, -0.15) is 0 Å². The van der Waals surface area contributed by atoms with E-state index in [9.17, 15) is 4.79 Å². The Labute approximate surface area is 270 Å². The molecule has 4 aromatic rings. The molecule has 0 bridgehead atoms. The lowest BCUT2D eigenvalue weighted by Gasteiger charge is -2.25. The van der Waals surface area contributed by atoms with Gasteiger partial charge in [0.25, 0.3) is 5.91 Å². The van der Waals surface area contributed by atoms with Crippen LogP contribution in [-0.4, -0.2) is 44.2 Å². The molecule has 44 heavy (non-hydrogen) atoms. The summed E-state index contributed by atoms with van der Waals surface area (Å²) in [5.74, 6) is 1.21. The number of rotatable bonds is 13. The summed E-state index contributed by atoms with van der Waals surface area (Å²) in [5, 5.41) is 0. The third-order valence-corrected chi connectivity index (χ3v) is 7.88. The Kier molecular flexibility index (Phi) is 12.9. The van der Waals surface area contributed by atoms with Crippen molar-refractivity contribution in [3.63, 3.8) is 0 Å². The van der Waals surface area contributed by atoms with Crippen molar-refractivity contribution in [3.05, 3.63) is 125 Å². The molecule has 0 unspecified atom stereocenters. The van der Waals surface area contributed by atoms with Gasteiger partial charge in [0, 0.05) is 23.9 Å². The highest BCUT2D eigenvalue weighted by Gasteiger charge is 2.21. The van der Waals surface area contributed by atoms with Gasteiger partial charge in [-0.25, -0.2) is 0 Å². The first-order chi connectivity index (χ1) is 20.7. The molecule has 0 saturated carbocycles. The maximum Gasteiger partial charge on any atom is 0.258 e. The molecule has 0 aliphatic rings. The number of hydrogen-bond donors (Lipinski definition) is 0. The summed E-state index contributed by atoms with van der Waals surface area (Å²) in [4.78, 5) is 18.2. The van der Waals surface area contributed by atoms with Crippen LogP contribution in [0.3, 0.4) is 0 Å². The third kappa shape index (κ3) is 9.35. The Morgan fingerprint density at radius 1 is 0.750 bits per heavy atom. The minimum atomic E-state index is -0.0663. The molecular formula is C38H47ClN2O3. The number of methoxy groups -OCH3 is 1. The van der Waals surface area contributed by atoms with Crippen molar-refractivity contribution >= 4 is 24.0 Å². The van der Waals surface area contributed by atoms with E-state index in [0.29, 0.717) is 30.2 Å². The van der Waals surface area contributed by atoms with E-state index in [0.717, 1.165) is 37.3 Å². The molecule has 4 rings (SSSR count). The van der Waals surface area contributed by atoms with E-state index in [2.05, 4.69) is 88.0 Å². The van der Waals surface area contributed by atoms with Gasteiger partial charge < -0.3 is 19.3 Å². The van der Waals surface area contributed by atoms with Crippen LogP contribution >= 0.6 is 12.4 Å². The minimum Gasteiger partial charge on any atom is -0.493 e. The Balaban J connectivity index is 0.00000529. The highest BCUT2D eigenvalue weighted by molar-refractivity contribution is 6.06. The maximum absolute atomic E-state index is 14.1. The lowest BCUT2D eigenvalue weighted by Crippen LogP contribution is -2.30. The second kappa shape index (κ2) is 16.3. The summed E-state index contributed by atoms with van der Waals surface area (Å²) in [5.41, 5.74) is 6.18. The summed E-state index contributed by atoms with van der Waals surface area (Å²) in [6, 6.07) is 32.6. The molecule has 0 heterocycles. The fourth-order valence-electron chi connectivity index (χ4n) is 5.09. The van der Waals surface area contributed by atoms with Crippen molar-refractivity contribution in [2.45, 2.75) is 53.0 Å². The molecule has 0 aromatic heterocycles. The molecular weight excluding hydrogens is 568 g/mol. The summed E-state index contributed by atoms with van der Waals surface area (Å²) >= 11 is 0. The molecule has 0 spiro atoms. The molecule has 4 aromatic carbocycles. The number of hydrogen-bond acceptors (Lipinski definition) is 4. The molecule has 0 fully saturated rings. The number of anilines is 1. The van der Waals surface area contributed by atoms with Crippen LogP contribution < -0.4 is 14.4 Å².